The lowest BCUT2D eigenvalue weighted by Crippen LogP contribution is -2.26. The monoisotopic (exact) mass is 216 g/mol. The molecule has 0 aromatic heterocycles. The number of aliphatic hydroxyl groups is 1. The van der Waals surface area contributed by atoms with Crippen molar-refractivity contribution < 1.29 is 19.5 Å². The summed E-state index contributed by atoms with van der Waals surface area (Å²) in [6.07, 6.45) is 2.04. The lowest BCUT2D eigenvalue weighted by Gasteiger charge is -2.02. The molecule has 0 heterocycles. The topological polar surface area (TPSA) is 71.4 Å². The molecule has 0 unspecified atom stereocenters. The van der Waals surface area contributed by atoms with Gasteiger partial charge in [0.2, 0.25) is 0 Å². The van der Waals surface area contributed by atoms with E-state index in [1.54, 1.807) is 0 Å². The summed E-state index contributed by atoms with van der Waals surface area (Å²) in [5.74, 6) is -2.15. The van der Waals surface area contributed by atoms with Crippen molar-refractivity contribution in [1.29, 1.82) is 0 Å². The highest BCUT2D eigenvalue weighted by Crippen LogP contribution is 2.00. The molecule has 0 aromatic rings. The molecule has 0 aromatic carbocycles. The summed E-state index contributed by atoms with van der Waals surface area (Å²) in [7, 11) is 0. The molecule has 0 amide bonds. The molecule has 15 heavy (non-hydrogen) atoms. The Morgan fingerprint density at radius 3 is 1.33 bits per heavy atom. The molecule has 88 valence electrons. The fraction of sp³-hybridized carbons (Fsp3) is 0.727. The second kappa shape index (κ2) is 9.52. The van der Waals surface area contributed by atoms with Gasteiger partial charge in [-0.1, -0.05) is 13.3 Å². The highest BCUT2D eigenvalue weighted by molar-refractivity contribution is 6.17. The van der Waals surface area contributed by atoms with Crippen LogP contribution in [0.4, 0.5) is 0 Å². The molecule has 4 heteroatoms. The van der Waals surface area contributed by atoms with Crippen molar-refractivity contribution in [3.63, 3.8) is 0 Å². The Balaban J connectivity index is 0. The van der Waals surface area contributed by atoms with Crippen LogP contribution in [0.1, 0.15) is 40.5 Å². The summed E-state index contributed by atoms with van der Waals surface area (Å²) in [4.78, 5) is 31.8. The molecule has 0 saturated heterocycles. The van der Waals surface area contributed by atoms with Gasteiger partial charge < -0.3 is 5.11 Å². The molecule has 0 atom stereocenters. The van der Waals surface area contributed by atoms with Crippen molar-refractivity contribution in [2.45, 2.75) is 40.5 Å². The number of carbonyl (C=O) groups is 3. The Bertz CT molecular complexity index is 185. The van der Waals surface area contributed by atoms with Crippen molar-refractivity contribution in [2.75, 3.05) is 6.61 Å². The highest BCUT2D eigenvalue weighted by atomic mass is 16.3. The third kappa shape index (κ3) is 9.28. The van der Waals surface area contributed by atoms with Gasteiger partial charge >= 0.3 is 0 Å². The van der Waals surface area contributed by atoms with Crippen molar-refractivity contribution in [3.05, 3.63) is 0 Å². The van der Waals surface area contributed by atoms with Gasteiger partial charge in [-0.3, -0.25) is 14.4 Å². The van der Waals surface area contributed by atoms with Gasteiger partial charge in [0.15, 0.2) is 0 Å². The molecule has 0 fully saturated rings. The second-order valence-corrected chi connectivity index (χ2v) is 3.34. The fourth-order valence-electron chi connectivity index (χ4n) is 1.02. The van der Waals surface area contributed by atoms with Crippen LogP contribution in [0.3, 0.4) is 0 Å². The van der Waals surface area contributed by atoms with Gasteiger partial charge in [-0.05, 0) is 27.2 Å². The number of Topliss-reactive ketones (excluding diaryl/α,β-unsaturated/α-hetero) is 3. The average molecular weight is 216 g/mol. The number of carbonyl (C=O) groups excluding carboxylic acids is 3. The van der Waals surface area contributed by atoms with Crippen LogP contribution in [0.5, 0.6) is 0 Å². The summed E-state index contributed by atoms with van der Waals surface area (Å²) < 4.78 is 0. The fourth-order valence-corrected chi connectivity index (χ4v) is 1.02. The lowest BCUT2D eigenvalue weighted by molar-refractivity contribution is -0.137. The van der Waals surface area contributed by atoms with E-state index in [1.165, 1.54) is 20.8 Å². The summed E-state index contributed by atoms with van der Waals surface area (Å²) in [5.41, 5.74) is 0. The van der Waals surface area contributed by atoms with Crippen LogP contribution >= 0.6 is 0 Å². The van der Waals surface area contributed by atoms with E-state index < -0.39 is 5.92 Å². The predicted octanol–water partition coefficient (Wildman–Crippen LogP) is 1.15. The van der Waals surface area contributed by atoms with Crippen LogP contribution in [0.2, 0.25) is 0 Å². The maximum absolute atomic E-state index is 10.6. The minimum absolute atomic E-state index is 0.344. The molecule has 0 aliphatic carbocycles. The van der Waals surface area contributed by atoms with E-state index >= 15 is 0 Å². The van der Waals surface area contributed by atoms with E-state index in [4.69, 9.17) is 5.11 Å². The van der Waals surface area contributed by atoms with Crippen LogP contribution in [0.15, 0.2) is 0 Å². The van der Waals surface area contributed by atoms with Gasteiger partial charge in [-0.15, -0.1) is 0 Å². The molecular formula is C11H20O4. The predicted molar refractivity (Wildman–Crippen MR) is 57.5 cm³/mol. The van der Waals surface area contributed by atoms with Gasteiger partial charge in [0.1, 0.15) is 23.3 Å². The Morgan fingerprint density at radius 1 is 1.00 bits per heavy atom. The smallest absolute Gasteiger partial charge is 0.147 e. The Morgan fingerprint density at radius 2 is 1.33 bits per heavy atom. The summed E-state index contributed by atoms with van der Waals surface area (Å²) in [5, 5.41) is 8.07. The first-order valence-corrected chi connectivity index (χ1v) is 5.00. The van der Waals surface area contributed by atoms with E-state index in [9.17, 15) is 14.4 Å². The Labute approximate surface area is 90.7 Å². The van der Waals surface area contributed by atoms with Crippen molar-refractivity contribution >= 4 is 17.3 Å². The lowest BCUT2D eigenvalue weighted by atomic mass is 9.97. The van der Waals surface area contributed by atoms with Crippen molar-refractivity contribution in [1.82, 2.24) is 0 Å². The van der Waals surface area contributed by atoms with E-state index in [-0.39, 0.29) is 17.3 Å². The molecule has 0 aliphatic heterocycles. The Kier molecular flexibility index (Phi) is 10.4. The number of ketones is 3. The summed E-state index contributed by atoms with van der Waals surface area (Å²) in [6, 6.07) is 0. The van der Waals surface area contributed by atoms with Crippen LogP contribution in [0, 0.1) is 5.92 Å². The van der Waals surface area contributed by atoms with Crippen LogP contribution < -0.4 is 0 Å². The molecule has 0 aliphatic rings. The minimum atomic E-state index is -1.03. The molecule has 0 radical (unpaired) electrons. The quantitative estimate of drug-likeness (QED) is 0.700. The van der Waals surface area contributed by atoms with Crippen molar-refractivity contribution in [2.24, 2.45) is 5.92 Å². The van der Waals surface area contributed by atoms with Gasteiger partial charge in [0.25, 0.3) is 0 Å². The third-order valence-corrected chi connectivity index (χ3v) is 1.73. The first-order valence-electron chi connectivity index (χ1n) is 5.00. The first kappa shape index (κ1) is 16.4. The first-order chi connectivity index (χ1) is 6.88. The number of unbranched alkanes of at least 4 members (excludes halogenated alkanes) is 1. The molecule has 1 N–H and O–H groups in total. The SMILES string of the molecule is CC(=O)C(C(C)=O)C(C)=O.CCCCO. The molecular weight excluding hydrogens is 196 g/mol. The zero-order chi connectivity index (χ0) is 12.4. The summed E-state index contributed by atoms with van der Waals surface area (Å²) in [6.45, 7) is 6.13. The number of hydrogen-bond acceptors (Lipinski definition) is 4. The highest BCUT2D eigenvalue weighted by Gasteiger charge is 2.23. The van der Waals surface area contributed by atoms with E-state index in [0.29, 0.717) is 6.61 Å². The van der Waals surface area contributed by atoms with Gasteiger partial charge in [0, 0.05) is 6.61 Å². The summed E-state index contributed by atoms with van der Waals surface area (Å²) >= 11 is 0. The van der Waals surface area contributed by atoms with E-state index in [0.717, 1.165) is 12.8 Å². The second-order valence-electron chi connectivity index (χ2n) is 3.34. The molecule has 0 bridgehead atoms. The average Bonchev–Trinajstić information content (AvgIpc) is 2.03. The van der Waals surface area contributed by atoms with Crippen LogP contribution in [0.25, 0.3) is 0 Å². The standard InChI is InChI=1S/C7H10O3.C4H10O/c1-4(8)7(5(2)9)6(3)10;1-2-3-4-5/h7H,1-3H3;5H,2-4H2,1H3. The third-order valence-electron chi connectivity index (χ3n) is 1.73. The molecule has 0 spiro atoms. The molecule has 0 saturated carbocycles. The maximum atomic E-state index is 10.6. The molecule has 0 rings (SSSR count). The maximum Gasteiger partial charge on any atom is 0.147 e. The van der Waals surface area contributed by atoms with Crippen molar-refractivity contribution in [3.8, 4) is 0 Å². The zero-order valence-electron chi connectivity index (χ0n) is 9.87. The van der Waals surface area contributed by atoms with Gasteiger partial charge in [-0.25, -0.2) is 0 Å². The van der Waals surface area contributed by atoms with E-state index in [1.807, 2.05) is 0 Å². The zero-order valence-corrected chi connectivity index (χ0v) is 9.87. The minimum Gasteiger partial charge on any atom is -0.396 e. The number of hydrogen-bond donors (Lipinski definition) is 1. The van der Waals surface area contributed by atoms with Crippen LogP contribution in [-0.4, -0.2) is 29.1 Å². The number of aliphatic hydroxyl groups excluding tert-OH is 1. The van der Waals surface area contributed by atoms with Crippen LogP contribution in [-0.2, 0) is 14.4 Å². The molecule has 4 nitrogen and oxygen atoms in total. The van der Waals surface area contributed by atoms with Gasteiger partial charge in [-0.2, -0.15) is 0 Å². The largest absolute Gasteiger partial charge is 0.396 e. The van der Waals surface area contributed by atoms with Gasteiger partial charge in [0.05, 0.1) is 0 Å². The Hall–Kier alpha value is -1.03. The number of rotatable bonds is 5. The van der Waals surface area contributed by atoms with E-state index in [2.05, 4.69) is 6.92 Å². The normalized spacial score (nSPS) is 9.20.